The summed E-state index contributed by atoms with van der Waals surface area (Å²) < 4.78 is 10.4. The number of aliphatic imine (C=N–C) groups is 1. The zero-order valence-corrected chi connectivity index (χ0v) is 16.2. The molecule has 1 aliphatic rings. The van der Waals surface area contributed by atoms with Crippen molar-refractivity contribution in [2.75, 3.05) is 19.5 Å². The minimum Gasteiger partial charge on any atom is -0.497 e. The predicted molar refractivity (Wildman–Crippen MR) is 115 cm³/mol. The Kier molecular flexibility index (Phi) is 5.12. The molecule has 0 saturated heterocycles. The lowest BCUT2D eigenvalue weighted by Gasteiger charge is -2.19. The third-order valence-electron chi connectivity index (χ3n) is 4.66. The van der Waals surface area contributed by atoms with E-state index in [0.717, 1.165) is 34.1 Å². The van der Waals surface area contributed by atoms with E-state index in [9.17, 15) is 4.79 Å². The van der Waals surface area contributed by atoms with Crippen LogP contribution in [-0.4, -0.2) is 25.7 Å². The van der Waals surface area contributed by atoms with Gasteiger partial charge in [0.05, 0.1) is 31.3 Å². The molecule has 3 aromatic carbocycles. The molecule has 144 valence electrons. The number of anilines is 1. The van der Waals surface area contributed by atoms with E-state index in [2.05, 4.69) is 5.32 Å². The molecule has 0 amide bonds. The molecule has 0 atom stereocenters. The first-order valence-corrected chi connectivity index (χ1v) is 9.17. The normalized spacial score (nSPS) is 14.2. The van der Waals surface area contributed by atoms with Crippen molar-refractivity contribution >= 4 is 22.9 Å². The summed E-state index contributed by atoms with van der Waals surface area (Å²) in [5.74, 6) is 1.46. The van der Waals surface area contributed by atoms with Crippen molar-refractivity contribution in [1.29, 1.82) is 0 Å². The number of nitrogens with one attached hydrogen (secondary N) is 1. The summed E-state index contributed by atoms with van der Waals surface area (Å²) in [5, 5.41) is 3.21. The fraction of sp³-hybridized carbons (Fsp3) is 0.0833. The molecule has 0 spiro atoms. The summed E-state index contributed by atoms with van der Waals surface area (Å²) in [6, 6.07) is 22.4. The summed E-state index contributed by atoms with van der Waals surface area (Å²) in [7, 11) is 3.25. The van der Waals surface area contributed by atoms with E-state index in [1.54, 1.807) is 20.3 Å². The highest BCUT2D eigenvalue weighted by atomic mass is 16.5. The number of Topliss-reactive ketones (excluding diaryl/α,β-unsaturated/α-hetero) is 1. The summed E-state index contributed by atoms with van der Waals surface area (Å²) in [5.41, 5.74) is 4.22. The standard InChI is InChI=1S/C24H20N2O3/c1-28-18-11-7-16(8-12-18)25-22-15-23(24(27)21-6-4-3-5-20(21)22)26-17-9-13-19(29-2)14-10-17/h3-15,26H,1-2H3. The summed E-state index contributed by atoms with van der Waals surface area (Å²) in [4.78, 5) is 17.8. The van der Waals surface area contributed by atoms with Gasteiger partial charge in [0.25, 0.3) is 0 Å². The van der Waals surface area contributed by atoms with Crippen molar-refractivity contribution in [1.82, 2.24) is 0 Å². The monoisotopic (exact) mass is 384 g/mol. The Bertz CT molecular complexity index is 1100. The Morgan fingerprint density at radius 2 is 1.34 bits per heavy atom. The molecule has 0 aliphatic heterocycles. The van der Waals surface area contributed by atoms with Crippen LogP contribution in [0, 0.1) is 0 Å². The number of carbonyl (C=O) groups is 1. The minimum atomic E-state index is -0.0647. The van der Waals surface area contributed by atoms with Gasteiger partial charge >= 0.3 is 0 Å². The third-order valence-corrected chi connectivity index (χ3v) is 4.66. The van der Waals surface area contributed by atoms with Crippen LogP contribution in [0.3, 0.4) is 0 Å². The zero-order chi connectivity index (χ0) is 20.2. The SMILES string of the molecule is COc1ccc(N=C2C=C(Nc3ccc(OC)cc3)C(=O)c3ccccc32)cc1. The van der Waals surface area contributed by atoms with Gasteiger partial charge in [0.15, 0.2) is 0 Å². The number of ketones is 1. The van der Waals surface area contributed by atoms with Crippen LogP contribution in [0.4, 0.5) is 11.4 Å². The third kappa shape index (κ3) is 3.89. The minimum absolute atomic E-state index is 0.0647. The smallest absolute Gasteiger partial charge is 0.209 e. The lowest BCUT2D eigenvalue weighted by atomic mass is 9.92. The fourth-order valence-electron chi connectivity index (χ4n) is 3.14. The van der Waals surface area contributed by atoms with E-state index in [1.807, 2.05) is 72.8 Å². The Morgan fingerprint density at radius 1 is 0.759 bits per heavy atom. The summed E-state index contributed by atoms with van der Waals surface area (Å²) >= 11 is 0. The fourth-order valence-corrected chi connectivity index (χ4v) is 3.14. The van der Waals surface area contributed by atoms with Crippen molar-refractivity contribution in [3.05, 3.63) is 95.7 Å². The van der Waals surface area contributed by atoms with Crippen molar-refractivity contribution in [3.63, 3.8) is 0 Å². The predicted octanol–water partition coefficient (Wildman–Crippen LogP) is 5.02. The lowest BCUT2D eigenvalue weighted by Crippen LogP contribution is -2.21. The van der Waals surface area contributed by atoms with Crippen LogP contribution in [0.5, 0.6) is 11.5 Å². The molecular formula is C24H20N2O3. The van der Waals surface area contributed by atoms with Gasteiger partial charge in [-0.15, -0.1) is 0 Å². The molecule has 0 heterocycles. The molecule has 1 N–H and O–H groups in total. The van der Waals surface area contributed by atoms with Crippen molar-refractivity contribution in [2.45, 2.75) is 0 Å². The van der Waals surface area contributed by atoms with E-state index in [1.165, 1.54) is 0 Å². The molecule has 1 aliphatic carbocycles. The average Bonchev–Trinajstić information content (AvgIpc) is 2.78. The van der Waals surface area contributed by atoms with Gasteiger partial charge in [0.2, 0.25) is 5.78 Å². The first kappa shape index (κ1) is 18.5. The van der Waals surface area contributed by atoms with Gasteiger partial charge in [0, 0.05) is 16.8 Å². The Balaban J connectivity index is 1.72. The second-order valence-corrected chi connectivity index (χ2v) is 6.48. The van der Waals surface area contributed by atoms with Gasteiger partial charge in [-0.05, 0) is 54.6 Å². The van der Waals surface area contributed by atoms with Crippen LogP contribution in [0.1, 0.15) is 15.9 Å². The number of methoxy groups -OCH3 is 2. The molecule has 0 saturated carbocycles. The Labute approximate surface area is 169 Å². The van der Waals surface area contributed by atoms with Gasteiger partial charge < -0.3 is 14.8 Å². The van der Waals surface area contributed by atoms with Gasteiger partial charge in [-0.1, -0.05) is 24.3 Å². The molecule has 0 aromatic heterocycles. The highest BCUT2D eigenvalue weighted by Gasteiger charge is 2.24. The lowest BCUT2D eigenvalue weighted by molar-refractivity contribution is 0.103. The number of ether oxygens (including phenoxy) is 2. The Hall–Kier alpha value is -3.86. The highest BCUT2D eigenvalue weighted by molar-refractivity contribution is 6.27. The number of carbonyl (C=O) groups excluding carboxylic acids is 1. The number of rotatable bonds is 5. The van der Waals surface area contributed by atoms with Crippen LogP contribution in [0.2, 0.25) is 0 Å². The molecule has 5 heteroatoms. The van der Waals surface area contributed by atoms with Crippen LogP contribution < -0.4 is 14.8 Å². The molecule has 4 rings (SSSR count). The van der Waals surface area contributed by atoms with Crippen LogP contribution >= 0.6 is 0 Å². The zero-order valence-electron chi connectivity index (χ0n) is 16.2. The second kappa shape index (κ2) is 8.02. The van der Waals surface area contributed by atoms with E-state index in [4.69, 9.17) is 14.5 Å². The molecule has 0 fully saturated rings. The molecule has 5 nitrogen and oxygen atoms in total. The topological polar surface area (TPSA) is 59.9 Å². The number of allylic oxidation sites excluding steroid dienone is 2. The molecule has 0 unspecified atom stereocenters. The molecular weight excluding hydrogens is 364 g/mol. The average molecular weight is 384 g/mol. The van der Waals surface area contributed by atoms with Gasteiger partial charge in [-0.2, -0.15) is 0 Å². The van der Waals surface area contributed by atoms with Crippen molar-refractivity contribution in [3.8, 4) is 11.5 Å². The van der Waals surface area contributed by atoms with Crippen LogP contribution in [-0.2, 0) is 0 Å². The van der Waals surface area contributed by atoms with E-state index in [-0.39, 0.29) is 5.78 Å². The maximum absolute atomic E-state index is 13.0. The molecule has 29 heavy (non-hydrogen) atoms. The first-order valence-electron chi connectivity index (χ1n) is 9.17. The Morgan fingerprint density at radius 3 is 1.97 bits per heavy atom. The molecule has 3 aromatic rings. The maximum Gasteiger partial charge on any atom is 0.209 e. The number of hydrogen-bond donors (Lipinski definition) is 1. The number of nitrogens with zero attached hydrogens (tertiary/aromatic N) is 1. The quantitative estimate of drug-likeness (QED) is 0.671. The summed E-state index contributed by atoms with van der Waals surface area (Å²) in [6.07, 6.45) is 1.79. The van der Waals surface area contributed by atoms with E-state index in [0.29, 0.717) is 11.3 Å². The number of fused-ring (bicyclic) bond motifs is 1. The molecule has 0 radical (unpaired) electrons. The van der Waals surface area contributed by atoms with Crippen LogP contribution in [0.15, 0.2) is 89.6 Å². The van der Waals surface area contributed by atoms with Gasteiger partial charge in [0.1, 0.15) is 11.5 Å². The van der Waals surface area contributed by atoms with E-state index >= 15 is 0 Å². The van der Waals surface area contributed by atoms with Crippen molar-refractivity contribution in [2.24, 2.45) is 4.99 Å². The largest absolute Gasteiger partial charge is 0.497 e. The maximum atomic E-state index is 13.0. The second-order valence-electron chi connectivity index (χ2n) is 6.48. The highest BCUT2D eigenvalue weighted by Crippen LogP contribution is 2.27. The van der Waals surface area contributed by atoms with Crippen molar-refractivity contribution < 1.29 is 14.3 Å². The van der Waals surface area contributed by atoms with Gasteiger partial charge in [-0.3, -0.25) is 4.79 Å². The molecule has 0 bridgehead atoms. The first-order chi connectivity index (χ1) is 14.2. The van der Waals surface area contributed by atoms with E-state index < -0.39 is 0 Å². The number of benzene rings is 3. The number of hydrogen-bond acceptors (Lipinski definition) is 5. The summed E-state index contributed by atoms with van der Waals surface area (Å²) in [6.45, 7) is 0. The van der Waals surface area contributed by atoms with Gasteiger partial charge in [-0.25, -0.2) is 4.99 Å². The van der Waals surface area contributed by atoms with Crippen LogP contribution in [0.25, 0.3) is 0 Å².